The summed E-state index contributed by atoms with van der Waals surface area (Å²) in [5, 5.41) is 4.56. The van der Waals surface area contributed by atoms with E-state index in [1.54, 1.807) is 37.9 Å². The molecule has 3 aromatic rings. The molecule has 0 fully saturated rings. The van der Waals surface area contributed by atoms with Gasteiger partial charge in [-0.2, -0.15) is 0 Å². The third kappa shape index (κ3) is 3.20. The molecule has 0 spiro atoms. The number of amides is 1. The van der Waals surface area contributed by atoms with Crippen LogP contribution in [-0.4, -0.2) is 29.5 Å². The molecule has 2 heterocycles. The zero-order valence-electron chi connectivity index (χ0n) is 14.0. The molecule has 1 aromatic carbocycles. The van der Waals surface area contributed by atoms with Crippen LogP contribution in [0.5, 0.6) is 11.5 Å². The van der Waals surface area contributed by atoms with Crippen molar-refractivity contribution in [3.8, 4) is 11.5 Å². The van der Waals surface area contributed by atoms with E-state index in [-0.39, 0.29) is 11.6 Å². The Balaban J connectivity index is 1.87. The molecule has 0 aliphatic carbocycles. The number of ether oxygens (including phenoxy) is 2. The van der Waals surface area contributed by atoms with E-state index in [9.17, 15) is 9.59 Å². The van der Waals surface area contributed by atoms with Crippen molar-refractivity contribution in [3.63, 3.8) is 0 Å². The number of rotatable bonds is 5. The molecule has 0 radical (unpaired) electrons. The smallest absolute Gasteiger partial charge is 0.271 e. The number of benzene rings is 1. The van der Waals surface area contributed by atoms with Gasteiger partial charge in [0.05, 0.1) is 20.3 Å². The molecule has 25 heavy (non-hydrogen) atoms. The van der Waals surface area contributed by atoms with E-state index in [0.29, 0.717) is 16.5 Å². The SMILES string of the molecule is COc1ccc(C(C)NC(=O)c2cnc3sccn3c2=O)c(OC)c1. The number of hydrogen-bond acceptors (Lipinski definition) is 6. The van der Waals surface area contributed by atoms with Gasteiger partial charge in [-0.25, -0.2) is 4.98 Å². The lowest BCUT2D eigenvalue weighted by atomic mass is 10.1. The third-order valence-electron chi connectivity index (χ3n) is 3.84. The van der Waals surface area contributed by atoms with Crippen LogP contribution in [0.25, 0.3) is 4.96 Å². The Labute approximate surface area is 147 Å². The fraction of sp³-hybridized carbons (Fsp3) is 0.235. The fourth-order valence-corrected chi connectivity index (χ4v) is 3.18. The minimum atomic E-state index is -0.483. The second kappa shape index (κ2) is 6.94. The number of hydrogen-bond donors (Lipinski definition) is 1. The highest BCUT2D eigenvalue weighted by Crippen LogP contribution is 2.29. The van der Waals surface area contributed by atoms with Gasteiger partial charge in [-0.3, -0.25) is 14.0 Å². The van der Waals surface area contributed by atoms with Crippen molar-refractivity contribution >= 4 is 22.2 Å². The molecule has 0 bridgehead atoms. The van der Waals surface area contributed by atoms with E-state index in [0.717, 1.165) is 5.56 Å². The highest BCUT2D eigenvalue weighted by atomic mass is 32.1. The molecule has 1 amide bonds. The lowest BCUT2D eigenvalue weighted by Crippen LogP contribution is -2.33. The van der Waals surface area contributed by atoms with Crippen molar-refractivity contribution in [3.05, 3.63) is 57.5 Å². The molecule has 1 atom stereocenters. The van der Waals surface area contributed by atoms with E-state index in [4.69, 9.17) is 9.47 Å². The maximum Gasteiger partial charge on any atom is 0.271 e. The summed E-state index contributed by atoms with van der Waals surface area (Å²) >= 11 is 1.33. The van der Waals surface area contributed by atoms with Crippen LogP contribution < -0.4 is 20.3 Å². The van der Waals surface area contributed by atoms with Crippen LogP contribution >= 0.6 is 11.3 Å². The maximum atomic E-state index is 12.5. The summed E-state index contributed by atoms with van der Waals surface area (Å²) in [6.45, 7) is 1.82. The predicted molar refractivity (Wildman–Crippen MR) is 94.8 cm³/mol. The van der Waals surface area contributed by atoms with Crippen molar-refractivity contribution in [1.82, 2.24) is 14.7 Å². The Morgan fingerprint density at radius 3 is 2.84 bits per heavy atom. The van der Waals surface area contributed by atoms with Gasteiger partial charge < -0.3 is 14.8 Å². The second-order valence-corrected chi connectivity index (χ2v) is 6.21. The van der Waals surface area contributed by atoms with Crippen molar-refractivity contribution < 1.29 is 14.3 Å². The Morgan fingerprint density at radius 2 is 2.12 bits per heavy atom. The van der Waals surface area contributed by atoms with E-state index in [2.05, 4.69) is 10.3 Å². The number of nitrogens with one attached hydrogen (secondary N) is 1. The molecule has 1 unspecified atom stereocenters. The zero-order valence-corrected chi connectivity index (χ0v) is 14.8. The Kier molecular flexibility index (Phi) is 4.71. The number of fused-ring (bicyclic) bond motifs is 1. The van der Waals surface area contributed by atoms with Gasteiger partial charge in [0, 0.05) is 29.4 Å². The number of carbonyl (C=O) groups excluding carboxylic acids is 1. The van der Waals surface area contributed by atoms with Crippen LogP contribution in [0.2, 0.25) is 0 Å². The van der Waals surface area contributed by atoms with Crippen molar-refractivity contribution in [2.45, 2.75) is 13.0 Å². The number of nitrogens with zero attached hydrogens (tertiary/aromatic N) is 2. The predicted octanol–water partition coefficient (Wildman–Crippen LogP) is 2.26. The van der Waals surface area contributed by atoms with E-state index < -0.39 is 11.5 Å². The number of thiazole rings is 1. The largest absolute Gasteiger partial charge is 0.497 e. The lowest BCUT2D eigenvalue weighted by Gasteiger charge is -2.18. The van der Waals surface area contributed by atoms with Gasteiger partial charge in [-0.05, 0) is 19.1 Å². The molecule has 0 saturated heterocycles. The molecule has 1 N–H and O–H groups in total. The first kappa shape index (κ1) is 17.0. The number of aromatic nitrogens is 2. The van der Waals surface area contributed by atoms with E-state index in [1.165, 1.54) is 21.9 Å². The minimum absolute atomic E-state index is 0.00442. The lowest BCUT2D eigenvalue weighted by molar-refractivity contribution is 0.0937. The van der Waals surface area contributed by atoms with E-state index in [1.807, 2.05) is 13.0 Å². The molecule has 0 aliphatic heterocycles. The standard InChI is InChI=1S/C17H17N3O4S/c1-10(12-5-4-11(23-2)8-14(12)24-3)19-15(21)13-9-18-17-20(16(13)22)6-7-25-17/h4-10H,1-3H3,(H,19,21). The minimum Gasteiger partial charge on any atom is -0.497 e. The number of carbonyl (C=O) groups is 1. The molecule has 8 heteroatoms. The topological polar surface area (TPSA) is 81.9 Å². The van der Waals surface area contributed by atoms with Crippen LogP contribution in [0, 0.1) is 0 Å². The first-order valence-electron chi connectivity index (χ1n) is 7.52. The maximum absolute atomic E-state index is 12.5. The van der Waals surface area contributed by atoms with Gasteiger partial charge >= 0.3 is 0 Å². The molecule has 2 aromatic heterocycles. The van der Waals surface area contributed by atoms with Crippen LogP contribution in [0.3, 0.4) is 0 Å². The normalized spacial score (nSPS) is 12.0. The second-order valence-electron chi connectivity index (χ2n) is 5.34. The van der Waals surface area contributed by atoms with Crippen LogP contribution in [-0.2, 0) is 0 Å². The summed E-state index contributed by atoms with van der Waals surface area (Å²) < 4.78 is 11.9. The number of methoxy groups -OCH3 is 2. The fourth-order valence-electron chi connectivity index (χ4n) is 2.51. The van der Waals surface area contributed by atoms with Gasteiger partial charge in [0.25, 0.3) is 11.5 Å². The van der Waals surface area contributed by atoms with Crippen LogP contribution in [0.4, 0.5) is 0 Å². The zero-order chi connectivity index (χ0) is 18.0. The summed E-state index contributed by atoms with van der Waals surface area (Å²) in [6.07, 6.45) is 2.91. The molecular formula is C17H17N3O4S. The Morgan fingerprint density at radius 1 is 1.32 bits per heavy atom. The van der Waals surface area contributed by atoms with Crippen LogP contribution in [0.15, 0.2) is 40.8 Å². The molecular weight excluding hydrogens is 342 g/mol. The van der Waals surface area contributed by atoms with E-state index >= 15 is 0 Å². The summed E-state index contributed by atoms with van der Waals surface area (Å²) in [5.41, 5.74) is 0.384. The molecule has 0 saturated carbocycles. The van der Waals surface area contributed by atoms with Gasteiger partial charge in [-0.1, -0.05) is 0 Å². The van der Waals surface area contributed by atoms with Crippen LogP contribution in [0.1, 0.15) is 28.9 Å². The van der Waals surface area contributed by atoms with Gasteiger partial charge in [-0.15, -0.1) is 11.3 Å². The van der Waals surface area contributed by atoms with Crippen molar-refractivity contribution in [2.75, 3.05) is 14.2 Å². The average molecular weight is 359 g/mol. The highest BCUT2D eigenvalue weighted by molar-refractivity contribution is 7.15. The molecule has 3 rings (SSSR count). The monoisotopic (exact) mass is 359 g/mol. The Hall–Kier alpha value is -2.87. The average Bonchev–Trinajstić information content (AvgIpc) is 3.10. The molecule has 0 aliphatic rings. The molecule has 7 nitrogen and oxygen atoms in total. The van der Waals surface area contributed by atoms with Gasteiger partial charge in [0.2, 0.25) is 0 Å². The van der Waals surface area contributed by atoms with Crippen molar-refractivity contribution in [2.24, 2.45) is 0 Å². The summed E-state index contributed by atoms with van der Waals surface area (Å²) in [6, 6.07) is 4.98. The summed E-state index contributed by atoms with van der Waals surface area (Å²) in [7, 11) is 3.12. The quantitative estimate of drug-likeness (QED) is 0.756. The van der Waals surface area contributed by atoms with Crippen molar-refractivity contribution in [1.29, 1.82) is 0 Å². The Bertz CT molecular complexity index is 979. The third-order valence-corrected chi connectivity index (χ3v) is 4.61. The van der Waals surface area contributed by atoms with Gasteiger partial charge in [0.1, 0.15) is 17.1 Å². The molecule has 130 valence electrons. The first-order valence-corrected chi connectivity index (χ1v) is 8.40. The van der Waals surface area contributed by atoms with Gasteiger partial charge in [0.15, 0.2) is 4.96 Å². The first-order chi connectivity index (χ1) is 12.0. The summed E-state index contributed by atoms with van der Waals surface area (Å²) in [5.74, 6) is 0.767. The highest BCUT2D eigenvalue weighted by Gasteiger charge is 2.19. The summed E-state index contributed by atoms with van der Waals surface area (Å²) in [4.78, 5) is 29.6.